The molecule has 0 unspecified atom stereocenters. The van der Waals surface area contributed by atoms with Gasteiger partial charge in [-0.05, 0) is 46.8 Å². The average molecular weight is 599 g/mol. The van der Waals surface area contributed by atoms with Crippen LogP contribution in [0.4, 0.5) is 0 Å². The largest absolute Gasteiger partial charge is 0.504 e. The molecule has 4 atom stereocenters. The van der Waals surface area contributed by atoms with Crippen LogP contribution in [0.25, 0.3) is 11.1 Å². The van der Waals surface area contributed by atoms with Crippen molar-refractivity contribution in [3.8, 4) is 45.6 Å². The summed E-state index contributed by atoms with van der Waals surface area (Å²) in [7, 11) is 4.26. The SMILES string of the molecule is C/C=C(/C)C(=O)O[C@H]1c2cc3c(c(O)c2-c2c(cc(OC)c(OC)c2OC)[C@H](OC(=O)/C(C)=C\C)[C@@](C)(O)[C@H]1C)OCO3. The number of hydrogen-bond acceptors (Lipinski definition) is 11. The van der Waals surface area contributed by atoms with Gasteiger partial charge >= 0.3 is 11.9 Å². The van der Waals surface area contributed by atoms with E-state index in [2.05, 4.69) is 0 Å². The van der Waals surface area contributed by atoms with E-state index in [0.29, 0.717) is 16.7 Å². The van der Waals surface area contributed by atoms with Gasteiger partial charge in [-0.2, -0.15) is 0 Å². The molecule has 4 rings (SSSR count). The Morgan fingerprint density at radius 1 is 0.907 bits per heavy atom. The molecule has 2 aliphatic rings. The molecule has 43 heavy (non-hydrogen) atoms. The number of ether oxygens (including phenoxy) is 7. The Kier molecular flexibility index (Phi) is 8.87. The van der Waals surface area contributed by atoms with Gasteiger partial charge in [0.25, 0.3) is 0 Å². The summed E-state index contributed by atoms with van der Waals surface area (Å²) in [6.45, 7) is 9.59. The molecule has 0 radical (unpaired) electrons. The van der Waals surface area contributed by atoms with Gasteiger partial charge in [-0.15, -0.1) is 0 Å². The number of phenols is 1. The maximum atomic E-state index is 13.3. The Morgan fingerprint density at radius 3 is 2.07 bits per heavy atom. The maximum absolute atomic E-state index is 13.3. The quantitative estimate of drug-likeness (QED) is 0.316. The van der Waals surface area contributed by atoms with Crippen molar-refractivity contribution in [2.75, 3.05) is 28.1 Å². The standard InChI is InChI=1S/C32H38O11/c1-10-15(3)30(34)42-25-17(5)32(6,36)29(43-31(35)16(4)11-2)19-13-20(37-7)27(38-8)28(39-9)23(19)22-18(25)12-21-26(24(22)33)41-14-40-21/h10-13,17,25,29,33,36H,14H2,1-9H3/b15-10-,16-11-/t17-,25+,29-,32-/m0/s1. The Labute approximate surface area is 250 Å². The smallest absolute Gasteiger partial charge is 0.334 e. The lowest BCUT2D eigenvalue weighted by Gasteiger charge is -2.43. The predicted molar refractivity (Wildman–Crippen MR) is 156 cm³/mol. The van der Waals surface area contributed by atoms with Crippen LogP contribution in [0.3, 0.4) is 0 Å². The van der Waals surface area contributed by atoms with Gasteiger partial charge in [-0.3, -0.25) is 0 Å². The molecule has 0 bridgehead atoms. The summed E-state index contributed by atoms with van der Waals surface area (Å²) in [5.41, 5.74) is -0.339. The fourth-order valence-corrected chi connectivity index (χ4v) is 5.29. The highest BCUT2D eigenvalue weighted by atomic mass is 16.7. The Bertz CT molecular complexity index is 1500. The number of allylic oxidation sites excluding steroid dienone is 2. The molecular formula is C32H38O11. The summed E-state index contributed by atoms with van der Waals surface area (Å²) in [5.74, 6) is -1.79. The molecule has 2 aromatic rings. The lowest BCUT2D eigenvalue weighted by molar-refractivity contribution is -0.181. The molecule has 232 valence electrons. The number of esters is 2. The molecule has 0 amide bonds. The van der Waals surface area contributed by atoms with Crippen molar-refractivity contribution in [3.05, 3.63) is 46.6 Å². The van der Waals surface area contributed by atoms with E-state index in [-0.39, 0.29) is 58.0 Å². The number of methoxy groups -OCH3 is 3. The molecule has 0 spiro atoms. The number of aliphatic hydroxyl groups is 1. The number of hydrogen-bond donors (Lipinski definition) is 2. The minimum Gasteiger partial charge on any atom is -0.504 e. The lowest BCUT2D eigenvalue weighted by Crippen LogP contribution is -2.46. The van der Waals surface area contributed by atoms with E-state index in [9.17, 15) is 19.8 Å². The number of carbonyl (C=O) groups excluding carboxylic acids is 2. The second-order valence-corrected chi connectivity index (χ2v) is 10.6. The van der Waals surface area contributed by atoms with Gasteiger partial charge in [0.2, 0.25) is 18.3 Å². The number of phenolic OH excluding ortho intramolecular Hbond substituents is 1. The van der Waals surface area contributed by atoms with E-state index in [1.165, 1.54) is 28.3 Å². The number of aromatic hydroxyl groups is 1. The van der Waals surface area contributed by atoms with Gasteiger partial charge in [0.05, 0.1) is 21.3 Å². The zero-order chi connectivity index (χ0) is 31.8. The first kappa shape index (κ1) is 31.6. The van der Waals surface area contributed by atoms with E-state index in [0.717, 1.165) is 0 Å². The molecule has 0 saturated heterocycles. The molecule has 11 nitrogen and oxygen atoms in total. The highest BCUT2D eigenvalue weighted by molar-refractivity contribution is 5.92. The first-order valence-corrected chi connectivity index (χ1v) is 13.8. The molecule has 2 N–H and O–H groups in total. The number of carbonyl (C=O) groups is 2. The summed E-state index contributed by atoms with van der Waals surface area (Å²) in [5, 5.41) is 24.1. The molecule has 2 aromatic carbocycles. The van der Waals surface area contributed by atoms with Crippen LogP contribution in [0.15, 0.2) is 35.4 Å². The average Bonchev–Trinajstić information content (AvgIpc) is 3.48. The fraction of sp³-hybridized carbons (Fsp3) is 0.438. The zero-order valence-electron chi connectivity index (χ0n) is 25.8. The minimum atomic E-state index is -1.87. The van der Waals surface area contributed by atoms with Crippen LogP contribution < -0.4 is 23.7 Å². The second-order valence-electron chi connectivity index (χ2n) is 10.6. The molecule has 1 heterocycles. The third kappa shape index (κ3) is 5.22. The van der Waals surface area contributed by atoms with Crippen LogP contribution in [-0.4, -0.2) is 55.9 Å². The third-order valence-corrected chi connectivity index (χ3v) is 8.24. The molecular weight excluding hydrogens is 560 g/mol. The minimum absolute atomic E-state index is 0.0644. The summed E-state index contributed by atoms with van der Waals surface area (Å²) >= 11 is 0. The monoisotopic (exact) mass is 598 g/mol. The van der Waals surface area contributed by atoms with Gasteiger partial charge in [-0.1, -0.05) is 19.1 Å². The van der Waals surface area contributed by atoms with Gasteiger partial charge in [0, 0.05) is 39.3 Å². The van der Waals surface area contributed by atoms with Gasteiger partial charge < -0.3 is 43.4 Å². The van der Waals surface area contributed by atoms with Crippen molar-refractivity contribution in [2.24, 2.45) is 5.92 Å². The van der Waals surface area contributed by atoms with Crippen molar-refractivity contribution < 1.29 is 53.0 Å². The molecule has 0 saturated carbocycles. The van der Waals surface area contributed by atoms with Crippen molar-refractivity contribution in [2.45, 2.75) is 59.4 Å². The summed E-state index contributed by atoms with van der Waals surface area (Å²) in [6.07, 6.45) is 0.635. The number of rotatable bonds is 7. The number of benzene rings is 2. The normalized spacial score (nSPS) is 22.9. The summed E-state index contributed by atoms with van der Waals surface area (Å²) in [6, 6.07) is 3.16. The molecule has 11 heteroatoms. The molecule has 0 aromatic heterocycles. The summed E-state index contributed by atoms with van der Waals surface area (Å²) in [4.78, 5) is 26.5. The summed E-state index contributed by atoms with van der Waals surface area (Å²) < 4.78 is 40.5. The molecule has 1 aliphatic heterocycles. The van der Waals surface area contributed by atoms with Crippen LogP contribution in [0.2, 0.25) is 0 Å². The van der Waals surface area contributed by atoms with Crippen molar-refractivity contribution in [1.29, 1.82) is 0 Å². The Hall–Kier alpha value is -4.38. The molecule has 0 fully saturated rings. The van der Waals surface area contributed by atoms with Crippen molar-refractivity contribution in [3.63, 3.8) is 0 Å². The first-order valence-electron chi connectivity index (χ1n) is 13.8. The number of fused-ring (bicyclic) bond motifs is 4. The highest BCUT2D eigenvalue weighted by Crippen LogP contribution is 2.61. The van der Waals surface area contributed by atoms with Crippen LogP contribution >= 0.6 is 0 Å². The highest BCUT2D eigenvalue weighted by Gasteiger charge is 2.51. The maximum Gasteiger partial charge on any atom is 0.334 e. The zero-order valence-corrected chi connectivity index (χ0v) is 25.8. The second kappa shape index (κ2) is 12.1. The Balaban J connectivity index is 2.21. The van der Waals surface area contributed by atoms with Gasteiger partial charge in [0.15, 0.2) is 29.1 Å². The predicted octanol–water partition coefficient (Wildman–Crippen LogP) is 5.32. The van der Waals surface area contributed by atoms with Crippen LogP contribution in [0.5, 0.6) is 34.5 Å². The first-order chi connectivity index (χ1) is 20.4. The van der Waals surface area contributed by atoms with Crippen molar-refractivity contribution >= 4 is 11.9 Å². The van der Waals surface area contributed by atoms with Crippen molar-refractivity contribution in [1.82, 2.24) is 0 Å². The van der Waals surface area contributed by atoms with E-state index in [1.54, 1.807) is 58.9 Å². The van der Waals surface area contributed by atoms with Gasteiger partial charge in [-0.25, -0.2) is 9.59 Å². The van der Waals surface area contributed by atoms with E-state index >= 15 is 0 Å². The van der Waals surface area contributed by atoms with E-state index in [1.807, 2.05) is 0 Å². The fourth-order valence-electron chi connectivity index (χ4n) is 5.29. The Morgan fingerprint density at radius 2 is 1.51 bits per heavy atom. The van der Waals surface area contributed by atoms with E-state index in [4.69, 9.17) is 33.2 Å². The van der Waals surface area contributed by atoms with Crippen LogP contribution in [-0.2, 0) is 19.1 Å². The van der Waals surface area contributed by atoms with Gasteiger partial charge in [0.1, 0.15) is 11.7 Å². The van der Waals surface area contributed by atoms with Crippen LogP contribution in [0.1, 0.15) is 64.9 Å². The topological polar surface area (TPSA) is 139 Å². The molecule has 1 aliphatic carbocycles. The van der Waals surface area contributed by atoms with Crippen LogP contribution in [0, 0.1) is 5.92 Å². The van der Waals surface area contributed by atoms with E-state index < -0.39 is 35.7 Å². The third-order valence-electron chi connectivity index (χ3n) is 8.24. The lowest BCUT2D eigenvalue weighted by atomic mass is 9.71.